The van der Waals surface area contributed by atoms with Gasteiger partial charge in [0.1, 0.15) is 0 Å². The minimum Gasteiger partial charge on any atom is 0.00000882 e. The van der Waals surface area contributed by atoms with Crippen LogP contribution in [0.2, 0.25) is 0 Å². The van der Waals surface area contributed by atoms with E-state index in [9.17, 15) is 0 Å². The van der Waals surface area contributed by atoms with Crippen molar-refractivity contribution in [3.05, 3.63) is 0 Å². The topological polar surface area (TPSA) is 0 Å². The van der Waals surface area contributed by atoms with E-state index in [4.69, 9.17) is 0 Å². The van der Waals surface area contributed by atoms with Crippen LogP contribution < -0.4 is 0 Å². The highest BCUT2D eigenvalue weighted by Gasteiger charge is 2.62. The van der Waals surface area contributed by atoms with Crippen LogP contribution in [0.15, 0.2) is 0 Å². The fourth-order valence-electron chi connectivity index (χ4n) is 15.6. The van der Waals surface area contributed by atoms with Crippen molar-refractivity contribution in [2.24, 2.45) is 0 Å². The molecule has 0 unspecified atom stereocenters. The van der Waals surface area contributed by atoms with Gasteiger partial charge >= 0.3 is 0 Å². The van der Waals surface area contributed by atoms with Crippen molar-refractivity contribution in [3.63, 3.8) is 0 Å². The molecular formula is H57B55. The van der Waals surface area contributed by atoms with Gasteiger partial charge in [0.15, 0.2) is 0 Å². The van der Waals surface area contributed by atoms with Gasteiger partial charge in [-0.2, -0.15) is 0 Å². The van der Waals surface area contributed by atoms with Gasteiger partial charge in [0, 0.05) is 173 Å². The van der Waals surface area contributed by atoms with Crippen LogP contribution in [-0.2, 0) is 0 Å². The van der Waals surface area contributed by atoms with Crippen molar-refractivity contribution >= 4 is 390 Å². The smallest absolute Gasteiger partial charge is 0.00000882 e. The zero-order valence-corrected chi connectivity index (χ0v) is 43.7. The molecule has 0 aromatic rings. The molecule has 0 heterocycles. The normalized spacial score (nSPS) is 9.67. The van der Waals surface area contributed by atoms with Crippen LogP contribution >= 0.6 is 0 Å². The molecule has 222 valence electrons. The Bertz CT molecular complexity index is 818. The molecule has 0 aromatic heterocycles. The predicted octanol–water partition coefficient (Wildman–Crippen LogP) is -36.2. The summed E-state index contributed by atoms with van der Waals surface area (Å²) in [4.78, 5) is 0. The zero-order chi connectivity index (χ0) is 43.7. The second-order valence-electron chi connectivity index (χ2n) is 24.5. The monoisotopic (exact) mass is 663 g/mol. The van der Waals surface area contributed by atoms with Crippen LogP contribution in [0.4, 0.5) is 0 Å². The zero-order valence-electron chi connectivity index (χ0n) is 43.7. The highest BCUT2D eigenvalue weighted by atomic mass is 13.4. The number of hydrogen-bond acceptors (Lipinski definition) is 0. The maximum atomic E-state index is 2.70. The molecule has 0 rings (SSSR count). The van der Waals surface area contributed by atoms with Crippen molar-refractivity contribution in [3.8, 4) is 0 Å². The molecule has 55 heteroatoms. The largest absolute Gasteiger partial charge is 0.0594 e. The first-order valence-electron chi connectivity index (χ1n) is 25.0. The lowest BCUT2D eigenvalue weighted by molar-refractivity contribution is 3.18. The summed E-state index contributed by atoms with van der Waals surface area (Å²) in [5, 5.41) is 0. The fraction of sp³-hybridized carbons (Fsp3) is 0. The second kappa shape index (κ2) is 27.0. The van der Waals surface area contributed by atoms with Crippen LogP contribution in [0.1, 0.15) is 0 Å². The summed E-state index contributed by atoms with van der Waals surface area (Å²) in [6.07, 6.45) is 17.3. The third-order valence-corrected chi connectivity index (χ3v) is 16.2. The summed E-state index contributed by atoms with van der Waals surface area (Å²) in [6, 6.07) is 0. The van der Waals surface area contributed by atoms with E-state index in [0.717, 1.165) is 0 Å². The van der Waals surface area contributed by atoms with Crippen molar-refractivity contribution in [2.75, 3.05) is 0 Å². The molecule has 0 aliphatic carbocycles. The molecule has 0 aliphatic heterocycles. The summed E-state index contributed by atoms with van der Waals surface area (Å²) in [7, 11) is 74.9. The first-order chi connectivity index (χ1) is 25.0. The summed E-state index contributed by atoms with van der Waals surface area (Å²) < 4.78 is 0. The molecule has 0 saturated carbocycles. The van der Waals surface area contributed by atoms with Crippen LogP contribution in [0.3, 0.4) is 0 Å². The molecule has 0 saturated heterocycles. The molecule has 0 nitrogen and oxygen atoms in total. The fourth-order valence-corrected chi connectivity index (χ4v) is 15.6. The molecule has 0 spiro atoms. The van der Waals surface area contributed by atoms with Gasteiger partial charge in [-0.1, -0.05) is 0 Å². The van der Waals surface area contributed by atoms with Crippen molar-refractivity contribution in [2.45, 2.75) is 0 Å². The molecule has 0 radical (unpaired) electrons. The summed E-state index contributed by atoms with van der Waals surface area (Å²) in [5.74, 6) is 0. The van der Waals surface area contributed by atoms with Gasteiger partial charge in [-0.15, -0.1) is 0 Å². The maximum Gasteiger partial charge on any atom is 0.0594 e. The van der Waals surface area contributed by atoms with Crippen molar-refractivity contribution in [1.29, 1.82) is 0 Å². The Labute approximate surface area is 386 Å². The lowest BCUT2D eigenvalue weighted by Crippen LogP contribution is -2.96. The van der Waals surface area contributed by atoms with E-state index in [1.807, 2.05) is 0 Å². The van der Waals surface area contributed by atoms with Gasteiger partial charge in [-0.25, -0.2) is 0 Å². The highest BCUT2D eigenvalue weighted by molar-refractivity contribution is 8.36. The van der Waals surface area contributed by atoms with E-state index < -0.39 is 0 Å². The van der Waals surface area contributed by atoms with Crippen LogP contribution in [0.25, 0.3) is 0 Å². The van der Waals surface area contributed by atoms with Gasteiger partial charge in [0.2, 0.25) is 0 Å². The lowest BCUT2D eigenvalue weighted by atomic mass is 8.23. The lowest BCUT2D eigenvalue weighted by Gasteiger charge is -2.57. The average Bonchev–Trinajstić information content (AvgIpc) is 2.97. The van der Waals surface area contributed by atoms with E-state index in [1.165, 1.54) is 7.06 Å². The Balaban J connectivity index is 10.1. The molecule has 0 aromatic carbocycles. The summed E-state index contributed by atoms with van der Waals surface area (Å²) in [6.45, 7) is 0. The molecule has 0 bridgehead atoms. The Kier molecular flexibility index (Phi) is 28.8. The minimum atomic E-state index is 0.646. The van der Waals surface area contributed by atoms with Crippen molar-refractivity contribution < 1.29 is 0 Å². The number of rotatable bonds is 26. The third kappa shape index (κ3) is 16.0. The predicted molar refractivity (Wildman–Crippen MR) is 396 cm³/mol. The summed E-state index contributed by atoms with van der Waals surface area (Å²) >= 11 is 0. The van der Waals surface area contributed by atoms with E-state index in [1.54, 1.807) is 0 Å². The molecule has 0 amide bonds. The highest BCUT2D eigenvalue weighted by Crippen LogP contribution is 2.23. The first-order valence-corrected chi connectivity index (χ1v) is 25.0. The molecule has 0 atom stereocenters. The Morgan fingerprint density at radius 1 is 0.164 bits per heavy atom. The quantitative estimate of drug-likeness (QED) is 0.0817. The Hall–Kier alpha value is 3.57. The standard InChI is InChI=1S/B55H57/c1-29-43(28)50(42(26)27)54(51(44(30(2)3)31(4)5)45(32(6)7)33(8)9)55(52(46(34(10)11)35(12)13)47(36(14)15)37(16)17)53(48(38(18)19)39(20)21)49(40(22)23)41(24)25/h29H,1-28H2. The number of hydrogen-bond donors (Lipinski definition) is 0. The molecule has 55 heavy (non-hydrogen) atoms. The average molecular weight is 652 g/mol. The van der Waals surface area contributed by atoms with Gasteiger partial charge < -0.3 is 0 Å². The van der Waals surface area contributed by atoms with Crippen molar-refractivity contribution in [1.82, 2.24) is 0 Å². The van der Waals surface area contributed by atoms with E-state index in [-0.39, 0.29) is 0 Å². The molecule has 0 aliphatic rings. The minimum absolute atomic E-state index is 0.646. The van der Waals surface area contributed by atoms with Gasteiger partial charge in [0.05, 0.1) is 217 Å². The van der Waals surface area contributed by atoms with Crippen LogP contribution in [0, 0.1) is 0 Å². The van der Waals surface area contributed by atoms with E-state index in [0.29, 0.717) is 166 Å². The second-order valence-corrected chi connectivity index (χ2v) is 24.5. The van der Waals surface area contributed by atoms with Gasteiger partial charge in [-0.05, 0) is 0 Å². The first kappa shape index (κ1) is 58.6. The summed E-state index contributed by atoms with van der Waals surface area (Å²) in [5.41, 5.74) is 0. The molecule has 0 N–H and O–H groups in total. The van der Waals surface area contributed by atoms with E-state index in [2.05, 4.69) is 217 Å². The Morgan fingerprint density at radius 2 is 0.273 bits per heavy atom. The SMILES string of the molecule is BBB(B)B(B(B)B)B(B(B(B(B)B)B(B)B)B(B(B)B)B(B)B)B(B(B(B(B)B)B(B)B)B(B(B)B)B(B)B)B(B(B(B)B)B(B)B)B(B(B)B)B(B)B. The third-order valence-electron chi connectivity index (χ3n) is 16.2. The van der Waals surface area contributed by atoms with Crippen LogP contribution in [0.5, 0.6) is 0 Å². The Morgan fingerprint density at radius 3 is 0.382 bits per heavy atom. The van der Waals surface area contributed by atoms with Gasteiger partial charge in [-0.3, -0.25) is 0 Å². The molecule has 0 fully saturated rings. The van der Waals surface area contributed by atoms with E-state index >= 15 is 0 Å². The van der Waals surface area contributed by atoms with Gasteiger partial charge in [0.25, 0.3) is 0 Å². The maximum absolute atomic E-state index is 2.70. The molecular weight excluding hydrogens is 595 g/mol. The van der Waals surface area contributed by atoms with Crippen LogP contribution in [-0.4, -0.2) is 390 Å².